The van der Waals surface area contributed by atoms with Gasteiger partial charge in [0.2, 0.25) is 0 Å². The van der Waals surface area contributed by atoms with E-state index >= 15 is 0 Å². The maximum Gasteiger partial charge on any atom is 0.0794 e. The quantitative estimate of drug-likeness (QED) is 0.834. The summed E-state index contributed by atoms with van der Waals surface area (Å²) >= 11 is 1.71. The highest BCUT2D eigenvalue weighted by Crippen LogP contribution is 2.26. The van der Waals surface area contributed by atoms with E-state index in [0.29, 0.717) is 18.0 Å². The average molecular weight is 274 g/mol. The van der Waals surface area contributed by atoms with E-state index in [4.69, 9.17) is 0 Å². The first kappa shape index (κ1) is 14.2. The van der Waals surface area contributed by atoms with E-state index < -0.39 is 0 Å². The summed E-state index contributed by atoms with van der Waals surface area (Å²) in [6.45, 7) is 6.76. The van der Waals surface area contributed by atoms with Crippen molar-refractivity contribution in [2.24, 2.45) is 5.92 Å². The molecule has 0 saturated carbocycles. The van der Waals surface area contributed by atoms with Crippen molar-refractivity contribution in [1.29, 1.82) is 0 Å². The minimum absolute atomic E-state index is 0.344. The SMILES string of the molecule is CC(C)CC(NC(C)c1cncs1)c1ccccc1. The summed E-state index contributed by atoms with van der Waals surface area (Å²) in [6.07, 6.45) is 3.10. The normalized spacial score (nSPS) is 14.5. The molecule has 0 aliphatic carbocycles. The van der Waals surface area contributed by atoms with Crippen molar-refractivity contribution < 1.29 is 0 Å². The fraction of sp³-hybridized carbons (Fsp3) is 0.438. The Kier molecular flexibility index (Phi) is 5.11. The van der Waals surface area contributed by atoms with Crippen molar-refractivity contribution in [1.82, 2.24) is 10.3 Å². The van der Waals surface area contributed by atoms with Gasteiger partial charge in [0.15, 0.2) is 0 Å². The molecule has 1 aromatic heterocycles. The highest BCUT2D eigenvalue weighted by atomic mass is 32.1. The molecule has 2 atom stereocenters. The Morgan fingerprint density at radius 3 is 2.47 bits per heavy atom. The number of aromatic nitrogens is 1. The van der Waals surface area contributed by atoms with Crippen LogP contribution in [0.3, 0.4) is 0 Å². The molecular weight excluding hydrogens is 252 g/mol. The predicted octanol–water partition coefficient (Wildman–Crippen LogP) is 4.58. The van der Waals surface area contributed by atoms with Crippen LogP contribution in [0.2, 0.25) is 0 Å². The van der Waals surface area contributed by atoms with E-state index in [2.05, 4.69) is 61.4 Å². The molecule has 3 heteroatoms. The van der Waals surface area contributed by atoms with Crippen LogP contribution in [0.25, 0.3) is 0 Å². The Labute approximate surface area is 119 Å². The summed E-state index contributed by atoms with van der Waals surface area (Å²) in [5, 5.41) is 3.74. The third-order valence-electron chi connectivity index (χ3n) is 3.24. The highest BCUT2D eigenvalue weighted by molar-refractivity contribution is 7.09. The zero-order valence-electron chi connectivity index (χ0n) is 11.8. The zero-order valence-corrected chi connectivity index (χ0v) is 12.7. The lowest BCUT2D eigenvalue weighted by Crippen LogP contribution is -2.25. The Morgan fingerprint density at radius 2 is 1.89 bits per heavy atom. The van der Waals surface area contributed by atoms with Crippen molar-refractivity contribution in [3.05, 3.63) is 52.5 Å². The molecule has 0 fully saturated rings. The van der Waals surface area contributed by atoms with E-state index in [1.165, 1.54) is 10.4 Å². The monoisotopic (exact) mass is 274 g/mol. The van der Waals surface area contributed by atoms with Crippen molar-refractivity contribution >= 4 is 11.3 Å². The standard InChI is InChI=1S/C16H22N2S/c1-12(2)9-15(14-7-5-4-6-8-14)18-13(3)16-10-17-11-19-16/h4-8,10-13,15,18H,9H2,1-3H3. The summed E-state index contributed by atoms with van der Waals surface area (Å²) in [7, 11) is 0. The number of nitrogens with zero attached hydrogens (tertiary/aromatic N) is 1. The van der Waals surface area contributed by atoms with Crippen molar-refractivity contribution in [3.63, 3.8) is 0 Å². The van der Waals surface area contributed by atoms with Crippen molar-refractivity contribution in [2.75, 3.05) is 0 Å². The van der Waals surface area contributed by atoms with Gasteiger partial charge in [0.1, 0.15) is 0 Å². The molecule has 0 saturated heterocycles. The first-order valence-corrected chi connectivity index (χ1v) is 7.74. The molecule has 0 radical (unpaired) electrons. The Morgan fingerprint density at radius 1 is 1.16 bits per heavy atom. The second kappa shape index (κ2) is 6.83. The van der Waals surface area contributed by atoms with Gasteiger partial charge < -0.3 is 5.32 Å². The van der Waals surface area contributed by atoms with Crippen LogP contribution in [-0.4, -0.2) is 4.98 Å². The van der Waals surface area contributed by atoms with Crippen LogP contribution in [0.4, 0.5) is 0 Å². The molecule has 0 aliphatic heterocycles. The molecule has 0 spiro atoms. The van der Waals surface area contributed by atoms with Crippen molar-refractivity contribution in [2.45, 2.75) is 39.3 Å². The van der Waals surface area contributed by atoms with Crippen LogP contribution >= 0.6 is 11.3 Å². The van der Waals surface area contributed by atoms with Gasteiger partial charge in [-0.1, -0.05) is 44.2 Å². The second-order valence-corrected chi connectivity index (χ2v) is 6.30. The third-order valence-corrected chi connectivity index (χ3v) is 4.20. The largest absolute Gasteiger partial charge is 0.303 e. The fourth-order valence-corrected chi connectivity index (χ4v) is 2.92. The van der Waals surface area contributed by atoms with Crippen LogP contribution < -0.4 is 5.32 Å². The zero-order chi connectivity index (χ0) is 13.7. The lowest BCUT2D eigenvalue weighted by atomic mass is 9.96. The summed E-state index contributed by atoms with van der Waals surface area (Å²) in [6, 6.07) is 11.5. The summed E-state index contributed by atoms with van der Waals surface area (Å²) in [4.78, 5) is 5.46. The minimum atomic E-state index is 0.344. The molecule has 2 nitrogen and oxygen atoms in total. The van der Waals surface area contributed by atoms with E-state index in [1.54, 1.807) is 11.3 Å². The van der Waals surface area contributed by atoms with Gasteiger partial charge >= 0.3 is 0 Å². The summed E-state index contributed by atoms with van der Waals surface area (Å²) < 4.78 is 0. The molecule has 2 unspecified atom stereocenters. The van der Waals surface area contributed by atoms with Crippen LogP contribution in [0.5, 0.6) is 0 Å². The molecule has 2 rings (SSSR count). The van der Waals surface area contributed by atoms with Crippen LogP contribution in [0.15, 0.2) is 42.0 Å². The van der Waals surface area contributed by atoms with Crippen molar-refractivity contribution in [3.8, 4) is 0 Å². The number of benzene rings is 1. The van der Waals surface area contributed by atoms with Gasteiger partial charge in [-0.05, 0) is 24.8 Å². The van der Waals surface area contributed by atoms with Gasteiger partial charge in [-0.3, -0.25) is 4.98 Å². The number of nitrogens with one attached hydrogen (secondary N) is 1. The molecule has 1 heterocycles. The fourth-order valence-electron chi connectivity index (χ4n) is 2.28. The lowest BCUT2D eigenvalue weighted by Gasteiger charge is -2.24. The van der Waals surface area contributed by atoms with Gasteiger partial charge in [-0.15, -0.1) is 11.3 Å². The van der Waals surface area contributed by atoms with Crippen LogP contribution in [-0.2, 0) is 0 Å². The topological polar surface area (TPSA) is 24.9 Å². The smallest absolute Gasteiger partial charge is 0.0794 e. The second-order valence-electron chi connectivity index (χ2n) is 5.38. The maximum atomic E-state index is 4.16. The Hall–Kier alpha value is -1.19. The highest BCUT2D eigenvalue weighted by Gasteiger charge is 2.17. The molecule has 0 amide bonds. The lowest BCUT2D eigenvalue weighted by molar-refractivity contribution is 0.396. The van der Waals surface area contributed by atoms with Gasteiger partial charge in [0.05, 0.1) is 5.51 Å². The number of hydrogen-bond donors (Lipinski definition) is 1. The molecule has 1 N–H and O–H groups in total. The minimum Gasteiger partial charge on any atom is -0.303 e. The molecule has 0 bridgehead atoms. The third kappa shape index (κ3) is 4.15. The molecule has 19 heavy (non-hydrogen) atoms. The molecule has 102 valence electrons. The van der Waals surface area contributed by atoms with Gasteiger partial charge in [0.25, 0.3) is 0 Å². The Balaban J connectivity index is 2.10. The maximum absolute atomic E-state index is 4.16. The van der Waals surface area contributed by atoms with Gasteiger partial charge in [-0.25, -0.2) is 0 Å². The van der Waals surface area contributed by atoms with Crippen LogP contribution in [0, 0.1) is 5.92 Å². The predicted molar refractivity (Wildman–Crippen MR) is 82.3 cm³/mol. The van der Waals surface area contributed by atoms with Gasteiger partial charge in [0, 0.05) is 23.2 Å². The van der Waals surface area contributed by atoms with E-state index in [1.807, 2.05) is 11.7 Å². The number of rotatable bonds is 6. The van der Waals surface area contributed by atoms with Gasteiger partial charge in [-0.2, -0.15) is 0 Å². The first-order valence-electron chi connectivity index (χ1n) is 6.86. The average Bonchev–Trinajstić information content (AvgIpc) is 2.92. The summed E-state index contributed by atoms with van der Waals surface area (Å²) in [5.74, 6) is 0.673. The summed E-state index contributed by atoms with van der Waals surface area (Å²) in [5.41, 5.74) is 3.26. The van der Waals surface area contributed by atoms with Crippen LogP contribution in [0.1, 0.15) is 49.7 Å². The van der Waals surface area contributed by atoms with E-state index in [-0.39, 0.29) is 0 Å². The first-order chi connectivity index (χ1) is 9.16. The molecular formula is C16H22N2S. The van der Waals surface area contributed by atoms with E-state index in [9.17, 15) is 0 Å². The molecule has 2 aromatic rings. The van der Waals surface area contributed by atoms with E-state index in [0.717, 1.165) is 6.42 Å². The molecule has 1 aromatic carbocycles. The molecule has 0 aliphatic rings. The Bertz CT molecular complexity index is 465. The number of hydrogen-bond acceptors (Lipinski definition) is 3. The number of thiazole rings is 1.